The number of amides is 2. The van der Waals surface area contributed by atoms with Crippen molar-refractivity contribution in [1.29, 1.82) is 0 Å². The van der Waals surface area contributed by atoms with Crippen LogP contribution in [-0.2, 0) is 16.0 Å². The molecule has 1 fully saturated rings. The summed E-state index contributed by atoms with van der Waals surface area (Å²) in [5.74, 6) is 0.162. The van der Waals surface area contributed by atoms with Crippen molar-refractivity contribution in [3.63, 3.8) is 0 Å². The summed E-state index contributed by atoms with van der Waals surface area (Å²) in [5, 5.41) is 0. The van der Waals surface area contributed by atoms with Gasteiger partial charge in [-0.3, -0.25) is 14.5 Å². The third-order valence-corrected chi connectivity index (χ3v) is 4.10. The van der Waals surface area contributed by atoms with Crippen LogP contribution >= 0.6 is 0 Å². The number of carbonyl (C=O) groups is 2. The van der Waals surface area contributed by atoms with E-state index in [9.17, 15) is 9.59 Å². The number of nitrogens with zero attached hydrogens (tertiary/aromatic N) is 3. The molecule has 0 radical (unpaired) electrons. The van der Waals surface area contributed by atoms with Crippen LogP contribution in [0.2, 0.25) is 0 Å². The molecule has 5 nitrogen and oxygen atoms in total. The minimum absolute atomic E-state index is 0.162. The van der Waals surface area contributed by atoms with Crippen molar-refractivity contribution in [2.45, 2.75) is 6.42 Å². The third-order valence-electron chi connectivity index (χ3n) is 4.10. The molecule has 0 unspecified atom stereocenters. The van der Waals surface area contributed by atoms with Crippen LogP contribution in [0.25, 0.3) is 0 Å². The molecule has 1 aromatic carbocycles. The van der Waals surface area contributed by atoms with Crippen LogP contribution in [0.1, 0.15) is 5.56 Å². The predicted molar refractivity (Wildman–Crippen MR) is 76.6 cm³/mol. The lowest BCUT2D eigenvalue weighted by Crippen LogP contribution is -2.49. The van der Waals surface area contributed by atoms with Crippen LogP contribution in [-0.4, -0.2) is 61.4 Å². The number of hydrogen-bond acceptors (Lipinski definition) is 3. The molecule has 0 N–H and O–H groups in total. The van der Waals surface area contributed by atoms with Gasteiger partial charge in [0.15, 0.2) is 0 Å². The number of fused-ring (bicyclic) bond motifs is 1. The molecule has 2 aliphatic heterocycles. The van der Waals surface area contributed by atoms with Crippen molar-refractivity contribution in [3.05, 3.63) is 29.8 Å². The van der Waals surface area contributed by atoms with Gasteiger partial charge >= 0.3 is 0 Å². The average Bonchev–Trinajstić information content (AvgIpc) is 2.92. The molecule has 0 aliphatic carbocycles. The zero-order valence-electron chi connectivity index (χ0n) is 11.5. The van der Waals surface area contributed by atoms with E-state index in [0.717, 1.165) is 38.2 Å². The van der Waals surface area contributed by atoms with Gasteiger partial charge < -0.3 is 9.80 Å². The fraction of sp³-hybridized carbons (Fsp3) is 0.467. The first-order valence-electron chi connectivity index (χ1n) is 7.08. The topological polar surface area (TPSA) is 43.9 Å². The Labute approximate surface area is 118 Å². The number of anilines is 1. The molecule has 106 valence electrons. The maximum Gasteiger partial charge on any atom is 0.241 e. The Morgan fingerprint density at radius 3 is 2.60 bits per heavy atom. The number of hydrogen-bond donors (Lipinski definition) is 0. The van der Waals surface area contributed by atoms with Crippen LogP contribution in [0, 0.1) is 0 Å². The van der Waals surface area contributed by atoms with Crippen molar-refractivity contribution in [1.82, 2.24) is 9.80 Å². The van der Waals surface area contributed by atoms with E-state index >= 15 is 0 Å². The first-order valence-corrected chi connectivity index (χ1v) is 7.08. The summed E-state index contributed by atoms with van der Waals surface area (Å²) in [6.07, 6.45) is 1.83. The number of piperazine rings is 1. The van der Waals surface area contributed by atoms with Crippen LogP contribution in [0.5, 0.6) is 0 Å². The van der Waals surface area contributed by atoms with E-state index in [1.54, 1.807) is 4.90 Å². The summed E-state index contributed by atoms with van der Waals surface area (Å²) in [4.78, 5) is 28.9. The van der Waals surface area contributed by atoms with Crippen LogP contribution in [0.15, 0.2) is 24.3 Å². The van der Waals surface area contributed by atoms with Gasteiger partial charge in [0.25, 0.3) is 0 Å². The fourth-order valence-electron chi connectivity index (χ4n) is 2.90. The molecule has 5 heteroatoms. The molecule has 0 atom stereocenters. The highest BCUT2D eigenvalue weighted by atomic mass is 16.2. The predicted octanol–water partition coefficient (Wildman–Crippen LogP) is 0.350. The minimum Gasteiger partial charge on any atom is -0.343 e. The number of para-hydroxylation sites is 1. The lowest BCUT2D eigenvalue weighted by molar-refractivity contribution is -0.121. The molecule has 0 spiro atoms. The van der Waals surface area contributed by atoms with Gasteiger partial charge in [0.2, 0.25) is 12.3 Å². The number of rotatable bonds is 3. The van der Waals surface area contributed by atoms with E-state index in [4.69, 9.17) is 0 Å². The van der Waals surface area contributed by atoms with E-state index < -0.39 is 0 Å². The molecule has 2 amide bonds. The summed E-state index contributed by atoms with van der Waals surface area (Å²) < 4.78 is 0. The molecule has 1 saturated heterocycles. The quantitative estimate of drug-likeness (QED) is 0.746. The molecule has 20 heavy (non-hydrogen) atoms. The average molecular weight is 273 g/mol. The maximum absolute atomic E-state index is 12.4. The summed E-state index contributed by atoms with van der Waals surface area (Å²) in [5.41, 5.74) is 2.32. The van der Waals surface area contributed by atoms with Gasteiger partial charge in [-0.05, 0) is 18.1 Å². The van der Waals surface area contributed by atoms with Crippen LogP contribution in [0.4, 0.5) is 5.69 Å². The standard InChI is InChI=1S/C15H19N3O2/c19-12-17-9-7-16(8-10-17)11-15(20)18-6-5-13-3-1-2-4-14(13)18/h1-4,12H,5-11H2. The molecule has 2 aliphatic rings. The van der Waals surface area contributed by atoms with Crippen LogP contribution in [0.3, 0.4) is 0 Å². The molecule has 0 saturated carbocycles. The van der Waals surface area contributed by atoms with E-state index in [2.05, 4.69) is 11.0 Å². The summed E-state index contributed by atoms with van der Waals surface area (Å²) in [6.45, 7) is 4.22. The van der Waals surface area contributed by atoms with Gasteiger partial charge in [-0.15, -0.1) is 0 Å². The molecule has 0 bridgehead atoms. The minimum atomic E-state index is 0.162. The van der Waals surface area contributed by atoms with Crippen molar-refractivity contribution in [2.75, 3.05) is 44.2 Å². The SMILES string of the molecule is O=CN1CCN(CC(=O)N2CCc3ccccc32)CC1. The van der Waals surface area contributed by atoms with Crippen molar-refractivity contribution in [3.8, 4) is 0 Å². The Kier molecular flexibility index (Phi) is 3.69. The normalized spacial score (nSPS) is 19.0. The second kappa shape index (κ2) is 5.63. The zero-order chi connectivity index (χ0) is 13.9. The molecule has 0 aromatic heterocycles. The molecule has 2 heterocycles. The zero-order valence-corrected chi connectivity index (χ0v) is 11.5. The highest BCUT2D eigenvalue weighted by Crippen LogP contribution is 2.27. The third kappa shape index (κ3) is 2.54. The lowest BCUT2D eigenvalue weighted by atomic mass is 10.2. The summed E-state index contributed by atoms with van der Waals surface area (Å²) >= 11 is 0. The first kappa shape index (κ1) is 13.1. The maximum atomic E-state index is 12.4. The van der Waals surface area contributed by atoms with Gasteiger partial charge in [0.1, 0.15) is 0 Å². The Bertz CT molecular complexity index is 510. The van der Waals surface area contributed by atoms with Gasteiger partial charge in [0, 0.05) is 38.4 Å². The Morgan fingerprint density at radius 2 is 1.85 bits per heavy atom. The highest BCUT2D eigenvalue weighted by Gasteiger charge is 2.26. The van der Waals surface area contributed by atoms with Gasteiger partial charge in [0.05, 0.1) is 6.54 Å². The van der Waals surface area contributed by atoms with E-state index in [-0.39, 0.29) is 5.91 Å². The second-order valence-corrected chi connectivity index (χ2v) is 5.34. The van der Waals surface area contributed by atoms with Gasteiger partial charge in [-0.2, -0.15) is 0 Å². The van der Waals surface area contributed by atoms with E-state index in [1.165, 1.54) is 5.56 Å². The largest absolute Gasteiger partial charge is 0.343 e. The van der Waals surface area contributed by atoms with Gasteiger partial charge in [-0.1, -0.05) is 18.2 Å². The Hall–Kier alpha value is -1.88. The molecular weight excluding hydrogens is 254 g/mol. The van der Waals surface area contributed by atoms with Gasteiger partial charge in [-0.25, -0.2) is 0 Å². The Balaban J connectivity index is 1.60. The first-order chi connectivity index (χ1) is 9.78. The van der Waals surface area contributed by atoms with Crippen molar-refractivity contribution < 1.29 is 9.59 Å². The van der Waals surface area contributed by atoms with E-state index in [1.807, 2.05) is 23.1 Å². The monoisotopic (exact) mass is 273 g/mol. The summed E-state index contributed by atoms with van der Waals surface area (Å²) in [6, 6.07) is 8.11. The molecular formula is C15H19N3O2. The highest BCUT2D eigenvalue weighted by molar-refractivity contribution is 5.96. The smallest absolute Gasteiger partial charge is 0.241 e. The molecule has 1 aromatic rings. The second-order valence-electron chi connectivity index (χ2n) is 5.34. The number of carbonyl (C=O) groups excluding carboxylic acids is 2. The Morgan fingerprint density at radius 1 is 1.10 bits per heavy atom. The fourth-order valence-corrected chi connectivity index (χ4v) is 2.90. The van der Waals surface area contributed by atoms with Crippen LogP contribution < -0.4 is 4.90 Å². The molecule has 3 rings (SSSR count). The van der Waals surface area contributed by atoms with Crippen molar-refractivity contribution >= 4 is 18.0 Å². The lowest BCUT2D eigenvalue weighted by Gasteiger charge is -2.33. The number of benzene rings is 1. The van der Waals surface area contributed by atoms with E-state index in [0.29, 0.717) is 19.6 Å². The summed E-state index contributed by atoms with van der Waals surface area (Å²) in [7, 11) is 0. The van der Waals surface area contributed by atoms with Crippen molar-refractivity contribution in [2.24, 2.45) is 0 Å².